The first-order valence-corrected chi connectivity index (χ1v) is 6.72. The number of nitrogens with one attached hydrogen (secondary N) is 2. The molecule has 1 atom stereocenters. The second-order valence-corrected chi connectivity index (χ2v) is 5.04. The number of carbonyl (C=O) groups is 2. The third-order valence-electron chi connectivity index (χ3n) is 2.32. The molecule has 0 bridgehead atoms. The maximum Gasteiger partial charge on any atom is 0.335 e. The van der Waals surface area contributed by atoms with Crippen LogP contribution in [-0.4, -0.2) is 35.2 Å². The molecule has 6 heteroatoms. The molecule has 18 heavy (non-hydrogen) atoms. The average molecular weight is 268 g/mol. The fourth-order valence-electron chi connectivity index (χ4n) is 1.23. The monoisotopic (exact) mass is 268 g/mol. The zero-order valence-corrected chi connectivity index (χ0v) is 11.1. The van der Waals surface area contributed by atoms with Crippen molar-refractivity contribution in [1.82, 2.24) is 5.32 Å². The number of hydrogen-bond acceptors (Lipinski definition) is 3. The molecule has 0 spiro atoms. The lowest BCUT2D eigenvalue weighted by molar-refractivity contribution is 0.0697. The first-order chi connectivity index (χ1) is 8.52. The van der Waals surface area contributed by atoms with E-state index in [-0.39, 0.29) is 11.6 Å². The molecular formula is C12H16N2O3S. The number of urea groups is 1. The van der Waals surface area contributed by atoms with Crippen molar-refractivity contribution < 1.29 is 14.7 Å². The molecule has 1 unspecified atom stereocenters. The normalized spacial score (nSPS) is 11.7. The van der Waals surface area contributed by atoms with Crippen LogP contribution in [0.3, 0.4) is 0 Å². The standard InChI is InChI=1S/C12H16N2O3S/c1-8(18-2)7-13-12(17)14-10-5-3-4-9(6-10)11(15)16/h3-6,8H,7H2,1-2H3,(H,15,16)(H2,13,14,17). The lowest BCUT2D eigenvalue weighted by Crippen LogP contribution is -2.33. The first kappa shape index (κ1) is 14.4. The Balaban J connectivity index is 2.54. The van der Waals surface area contributed by atoms with Gasteiger partial charge in [-0.15, -0.1) is 0 Å². The summed E-state index contributed by atoms with van der Waals surface area (Å²) in [4.78, 5) is 22.3. The third-order valence-corrected chi connectivity index (χ3v) is 3.29. The summed E-state index contributed by atoms with van der Waals surface area (Å²) in [7, 11) is 0. The molecule has 0 heterocycles. The van der Waals surface area contributed by atoms with Crippen molar-refractivity contribution >= 4 is 29.4 Å². The maximum atomic E-state index is 11.5. The molecule has 3 N–H and O–H groups in total. The smallest absolute Gasteiger partial charge is 0.335 e. The molecule has 0 saturated heterocycles. The Bertz CT molecular complexity index is 437. The minimum Gasteiger partial charge on any atom is -0.478 e. The van der Waals surface area contributed by atoms with Gasteiger partial charge in [0.25, 0.3) is 0 Å². The number of anilines is 1. The molecule has 98 valence electrons. The van der Waals surface area contributed by atoms with Crippen molar-refractivity contribution in [2.45, 2.75) is 12.2 Å². The molecule has 0 aliphatic carbocycles. The van der Waals surface area contributed by atoms with Crippen molar-refractivity contribution in [3.8, 4) is 0 Å². The van der Waals surface area contributed by atoms with E-state index in [1.54, 1.807) is 23.9 Å². The Morgan fingerprint density at radius 2 is 2.17 bits per heavy atom. The number of carboxylic acid groups (broad SMARTS) is 1. The Morgan fingerprint density at radius 3 is 2.78 bits per heavy atom. The van der Waals surface area contributed by atoms with Gasteiger partial charge in [-0.25, -0.2) is 9.59 Å². The summed E-state index contributed by atoms with van der Waals surface area (Å²) in [6, 6.07) is 5.78. The second-order valence-electron chi connectivity index (χ2n) is 3.77. The maximum absolute atomic E-state index is 11.5. The number of aromatic carboxylic acids is 1. The average Bonchev–Trinajstić information content (AvgIpc) is 2.36. The highest BCUT2D eigenvalue weighted by Crippen LogP contribution is 2.10. The van der Waals surface area contributed by atoms with Gasteiger partial charge in [0.1, 0.15) is 0 Å². The van der Waals surface area contributed by atoms with Crippen LogP contribution in [0.25, 0.3) is 0 Å². The lowest BCUT2D eigenvalue weighted by Gasteiger charge is -2.11. The minimum absolute atomic E-state index is 0.144. The van der Waals surface area contributed by atoms with E-state index < -0.39 is 5.97 Å². The van der Waals surface area contributed by atoms with Gasteiger partial charge in [0.15, 0.2) is 0 Å². The molecular weight excluding hydrogens is 252 g/mol. The van der Waals surface area contributed by atoms with E-state index in [0.717, 1.165) is 0 Å². The zero-order chi connectivity index (χ0) is 13.5. The fourth-order valence-corrected chi connectivity index (χ4v) is 1.48. The largest absolute Gasteiger partial charge is 0.478 e. The number of thioether (sulfide) groups is 1. The van der Waals surface area contributed by atoms with Gasteiger partial charge < -0.3 is 15.7 Å². The highest BCUT2D eigenvalue weighted by molar-refractivity contribution is 7.99. The summed E-state index contributed by atoms with van der Waals surface area (Å²) in [5.41, 5.74) is 0.606. The number of hydrogen-bond donors (Lipinski definition) is 3. The van der Waals surface area contributed by atoms with Crippen molar-refractivity contribution in [3.63, 3.8) is 0 Å². The third kappa shape index (κ3) is 4.67. The van der Waals surface area contributed by atoms with E-state index in [1.807, 2.05) is 13.2 Å². The number of carbonyl (C=O) groups excluding carboxylic acids is 1. The van der Waals surface area contributed by atoms with Crippen LogP contribution in [0.2, 0.25) is 0 Å². The van der Waals surface area contributed by atoms with Gasteiger partial charge in [0.05, 0.1) is 5.56 Å². The van der Waals surface area contributed by atoms with Crippen molar-refractivity contribution in [2.24, 2.45) is 0 Å². The highest BCUT2D eigenvalue weighted by atomic mass is 32.2. The van der Waals surface area contributed by atoms with Gasteiger partial charge in [-0.3, -0.25) is 0 Å². The van der Waals surface area contributed by atoms with Crippen LogP contribution in [0.4, 0.5) is 10.5 Å². The molecule has 0 saturated carbocycles. The van der Waals surface area contributed by atoms with Crippen molar-refractivity contribution in [1.29, 1.82) is 0 Å². The van der Waals surface area contributed by atoms with Crippen LogP contribution in [0.1, 0.15) is 17.3 Å². The quantitative estimate of drug-likeness (QED) is 0.765. The molecule has 0 aliphatic heterocycles. The van der Waals surface area contributed by atoms with Gasteiger partial charge in [-0.1, -0.05) is 13.0 Å². The van der Waals surface area contributed by atoms with Gasteiger partial charge in [0, 0.05) is 17.5 Å². The van der Waals surface area contributed by atoms with Crippen LogP contribution in [-0.2, 0) is 0 Å². The second kappa shape index (κ2) is 6.90. The number of benzene rings is 1. The first-order valence-electron chi connectivity index (χ1n) is 5.44. The summed E-state index contributed by atoms with van der Waals surface area (Å²) in [6.07, 6.45) is 1.97. The summed E-state index contributed by atoms with van der Waals surface area (Å²) in [5.74, 6) is -1.02. The number of amides is 2. The Kier molecular flexibility index (Phi) is 5.51. The molecule has 1 rings (SSSR count). The van der Waals surface area contributed by atoms with Crippen LogP contribution in [0.5, 0.6) is 0 Å². The van der Waals surface area contributed by atoms with Crippen LogP contribution >= 0.6 is 11.8 Å². The molecule has 1 aromatic rings. The minimum atomic E-state index is -1.02. The van der Waals surface area contributed by atoms with Gasteiger partial charge >= 0.3 is 12.0 Å². The SMILES string of the molecule is CSC(C)CNC(=O)Nc1cccc(C(=O)O)c1. The lowest BCUT2D eigenvalue weighted by atomic mass is 10.2. The number of rotatable bonds is 5. The van der Waals surface area contributed by atoms with Crippen LogP contribution in [0.15, 0.2) is 24.3 Å². The van der Waals surface area contributed by atoms with E-state index in [9.17, 15) is 9.59 Å². The van der Waals surface area contributed by atoms with E-state index in [0.29, 0.717) is 17.5 Å². The topological polar surface area (TPSA) is 78.4 Å². The summed E-state index contributed by atoms with van der Waals surface area (Å²) in [5, 5.41) is 14.5. The molecule has 2 amide bonds. The summed E-state index contributed by atoms with van der Waals surface area (Å²) < 4.78 is 0. The zero-order valence-electron chi connectivity index (χ0n) is 10.3. The predicted molar refractivity (Wildman–Crippen MR) is 73.4 cm³/mol. The Morgan fingerprint density at radius 1 is 1.44 bits per heavy atom. The predicted octanol–water partition coefficient (Wildman–Crippen LogP) is 2.26. The van der Waals surface area contributed by atoms with Crippen LogP contribution < -0.4 is 10.6 Å². The van der Waals surface area contributed by atoms with Gasteiger partial charge in [-0.2, -0.15) is 11.8 Å². The molecule has 5 nitrogen and oxygen atoms in total. The molecule has 1 aromatic carbocycles. The Hall–Kier alpha value is -1.69. The van der Waals surface area contributed by atoms with Crippen LogP contribution in [0, 0.1) is 0 Å². The van der Waals surface area contributed by atoms with E-state index in [1.165, 1.54) is 12.1 Å². The van der Waals surface area contributed by atoms with E-state index >= 15 is 0 Å². The fraction of sp³-hybridized carbons (Fsp3) is 0.333. The summed E-state index contributed by atoms with van der Waals surface area (Å²) in [6.45, 7) is 2.57. The van der Waals surface area contributed by atoms with E-state index in [4.69, 9.17) is 5.11 Å². The summed E-state index contributed by atoms with van der Waals surface area (Å²) >= 11 is 1.66. The molecule has 0 fully saturated rings. The number of carboxylic acids is 1. The molecule has 0 aliphatic rings. The van der Waals surface area contributed by atoms with Gasteiger partial charge in [-0.05, 0) is 24.5 Å². The van der Waals surface area contributed by atoms with Gasteiger partial charge in [0.2, 0.25) is 0 Å². The highest BCUT2D eigenvalue weighted by Gasteiger charge is 2.07. The van der Waals surface area contributed by atoms with E-state index in [2.05, 4.69) is 10.6 Å². The molecule has 0 aromatic heterocycles. The Labute approximate surface area is 110 Å². The van der Waals surface area contributed by atoms with Crippen molar-refractivity contribution in [2.75, 3.05) is 18.1 Å². The van der Waals surface area contributed by atoms with Crippen molar-refractivity contribution in [3.05, 3.63) is 29.8 Å². The molecule has 0 radical (unpaired) electrons.